The van der Waals surface area contributed by atoms with E-state index >= 15 is 0 Å². The molecule has 0 bridgehead atoms. The molecule has 2 aromatic carbocycles. The van der Waals surface area contributed by atoms with Gasteiger partial charge in [-0.25, -0.2) is 0 Å². The fourth-order valence-corrected chi connectivity index (χ4v) is 4.32. The van der Waals surface area contributed by atoms with Crippen molar-refractivity contribution in [3.63, 3.8) is 0 Å². The summed E-state index contributed by atoms with van der Waals surface area (Å²) in [7, 11) is 3.65. The SMILES string of the molecule is CN(Cc1ccccc1)C(=O)c1nn(C)c2c1C[C@@H](NCc1ccc(OC(F)(F)F)cc1)CC2. The van der Waals surface area contributed by atoms with Crippen molar-refractivity contribution in [3.05, 3.63) is 82.7 Å². The second-order valence-corrected chi connectivity index (χ2v) is 8.56. The number of amides is 1. The summed E-state index contributed by atoms with van der Waals surface area (Å²) < 4.78 is 42.7. The van der Waals surface area contributed by atoms with Gasteiger partial charge in [0.05, 0.1) is 0 Å². The Bertz CT molecular complexity index is 1130. The summed E-state index contributed by atoms with van der Waals surface area (Å²) in [6.07, 6.45) is -2.36. The molecule has 3 aromatic rings. The topological polar surface area (TPSA) is 59.4 Å². The Labute approximate surface area is 196 Å². The van der Waals surface area contributed by atoms with Crippen molar-refractivity contribution in [3.8, 4) is 5.75 Å². The molecule has 1 aliphatic rings. The highest BCUT2D eigenvalue weighted by atomic mass is 19.4. The number of nitrogens with zero attached hydrogens (tertiary/aromatic N) is 3. The molecule has 34 heavy (non-hydrogen) atoms. The largest absolute Gasteiger partial charge is 0.573 e. The predicted octanol–water partition coefficient (Wildman–Crippen LogP) is 4.24. The molecule has 0 saturated heterocycles. The molecule has 0 saturated carbocycles. The molecule has 9 heteroatoms. The van der Waals surface area contributed by atoms with Gasteiger partial charge in [-0.2, -0.15) is 5.10 Å². The van der Waals surface area contributed by atoms with Crippen LogP contribution in [-0.4, -0.2) is 40.0 Å². The van der Waals surface area contributed by atoms with E-state index in [9.17, 15) is 18.0 Å². The third kappa shape index (κ3) is 5.77. The Morgan fingerprint density at radius 2 is 1.85 bits per heavy atom. The van der Waals surface area contributed by atoms with Gasteiger partial charge in [-0.05, 0) is 42.5 Å². The highest BCUT2D eigenvalue weighted by molar-refractivity contribution is 5.94. The second kappa shape index (κ2) is 9.89. The molecule has 0 spiro atoms. The number of hydrogen-bond acceptors (Lipinski definition) is 4. The van der Waals surface area contributed by atoms with E-state index in [1.807, 2.05) is 37.4 Å². The van der Waals surface area contributed by atoms with Gasteiger partial charge >= 0.3 is 6.36 Å². The van der Waals surface area contributed by atoms with Gasteiger partial charge in [0.1, 0.15) is 5.75 Å². The average molecular weight is 473 g/mol. The van der Waals surface area contributed by atoms with E-state index in [1.165, 1.54) is 12.1 Å². The smallest absolute Gasteiger partial charge is 0.406 e. The van der Waals surface area contributed by atoms with Crippen molar-refractivity contribution in [2.24, 2.45) is 7.05 Å². The highest BCUT2D eigenvalue weighted by Crippen LogP contribution is 2.26. The van der Waals surface area contributed by atoms with Crippen LogP contribution in [0.1, 0.15) is 39.3 Å². The minimum absolute atomic E-state index is 0.110. The van der Waals surface area contributed by atoms with Gasteiger partial charge in [-0.1, -0.05) is 42.5 Å². The van der Waals surface area contributed by atoms with Crippen LogP contribution in [0.5, 0.6) is 5.75 Å². The van der Waals surface area contributed by atoms with Crippen molar-refractivity contribution >= 4 is 5.91 Å². The maximum absolute atomic E-state index is 13.2. The molecule has 0 fully saturated rings. The number of fused-ring (bicyclic) bond motifs is 1. The number of halogens is 3. The lowest BCUT2D eigenvalue weighted by Gasteiger charge is -2.25. The molecular formula is C25H27F3N4O2. The van der Waals surface area contributed by atoms with Crippen LogP contribution < -0.4 is 10.1 Å². The van der Waals surface area contributed by atoms with E-state index in [2.05, 4.69) is 15.2 Å². The van der Waals surface area contributed by atoms with E-state index < -0.39 is 6.36 Å². The third-order valence-corrected chi connectivity index (χ3v) is 6.02. The first-order chi connectivity index (χ1) is 16.2. The lowest BCUT2D eigenvalue weighted by molar-refractivity contribution is -0.274. The summed E-state index contributed by atoms with van der Waals surface area (Å²) in [6.45, 7) is 1.00. The normalized spacial score (nSPS) is 15.6. The zero-order valence-electron chi connectivity index (χ0n) is 19.1. The van der Waals surface area contributed by atoms with Crippen LogP contribution in [0.15, 0.2) is 54.6 Å². The van der Waals surface area contributed by atoms with Gasteiger partial charge in [0.25, 0.3) is 5.91 Å². The van der Waals surface area contributed by atoms with Gasteiger partial charge in [-0.15, -0.1) is 13.2 Å². The molecule has 6 nitrogen and oxygen atoms in total. The van der Waals surface area contributed by atoms with E-state index in [1.54, 1.807) is 28.8 Å². The quantitative estimate of drug-likeness (QED) is 0.559. The summed E-state index contributed by atoms with van der Waals surface area (Å²) in [4.78, 5) is 14.9. The zero-order valence-corrected chi connectivity index (χ0v) is 19.1. The number of alkyl halides is 3. The molecule has 4 rings (SSSR count). The monoisotopic (exact) mass is 472 g/mol. The summed E-state index contributed by atoms with van der Waals surface area (Å²) in [5.74, 6) is -0.349. The van der Waals surface area contributed by atoms with Crippen LogP contribution in [0.3, 0.4) is 0 Å². The fraction of sp³-hybridized carbons (Fsp3) is 0.360. The molecule has 0 radical (unpaired) electrons. The van der Waals surface area contributed by atoms with Crippen LogP contribution in [0.25, 0.3) is 0 Å². The molecule has 0 unspecified atom stereocenters. The number of carbonyl (C=O) groups excluding carboxylic acids is 1. The van der Waals surface area contributed by atoms with Crippen molar-refractivity contribution in [2.75, 3.05) is 7.05 Å². The van der Waals surface area contributed by atoms with Gasteiger partial charge in [-0.3, -0.25) is 9.48 Å². The Balaban J connectivity index is 1.39. The molecule has 1 aliphatic carbocycles. The van der Waals surface area contributed by atoms with Crippen LogP contribution in [0.4, 0.5) is 13.2 Å². The highest BCUT2D eigenvalue weighted by Gasteiger charge is 2.31. The van der Waals surface area contributed by atoms with E-state index in [4.69, 9.17) is 0 Å². The van der Waals surface area contributed by atoms with E-state index in [-0.39, 0.29) is 17.7 Å². The standard InChI is InChI=1S/C25H27F3N4O2/c1-31(16-18-6-4-3-5-7-18)24(33)23-21-14-19(10-13-22(21)32(2)30-23)29-15-17-8-11-20(12-9-17)34-25(26,27)28/h3-9,11-12,19,29H,10,13-16H2,1-2H3/t19-/m0/s1. The molecule has 0 aliphatic heterocycles. The summed E-state index contributed by atoms with van der Waals surface area (Å²) >= 11 is 0. The van der Waals surface area contributed by atoms with Gasteiger partial charge in [0, 0.05) is 44.5 Å². The fourth-order valence-electron chi connectivity index (χ4n) is 4.32. The predicted molar refractivity (Wildman–Crippen MR) is 121 cm³/mol. The van der Waals surface area contributed by atoms with E-state index in [0.717, 1.165) is 35.2 Å². The Morgan fingerprint density at radius 1 is 1.15 bits per heavy atom. The number of nitrogens with one attached hydrogen (secondary N) is 1. The molecule has 1 aromatic heterocycles. The number of hydrogen-bond donors (Lipinski definition) is 1. The van der Waals surface area contributed by atoms with Crippen molar-refractivity contribution < 1.29 is 22.7 Å². The summed E-state index contributed by atoms with van der Waals surface area (Å²) in [5.41, 5.74) is 4.42. The first kappa shape index (κ1) is 23.8. The first-order valence-electron chi connectivity index (χ1n) is 11.1. The summed E-state index contributed by atoms with van der Waals surface area (Å²) in [5, 5.41) is 8.00. The minimum Gasteiger partial charge on any atom is -0.406 e. The number of aromatic nitrogens is 2. The number of benzene rings is 2. The van der Waals surface area contributed by atoms with Gasteiger partial charge < -0.3 is 15.0 Å². The zero-order chi connectivity index (χ0) is 24.3. The molecular weight excluding hydrogens is 445 g/mol. The van der Waals surface area contributed by atoms with Crippen molar-refractivity contribution in [1.82, 2.24) is 20.0 Å². The lowest BCUT2D eigenvalue weighted by atomic mass is 9.91. The first-order valence-corrected chi connectivity index (χ1v) is 11.1. The molecule has 1 N–H and O–H groups in total. The molecule has 1 atom stereocenters. The summed E-state index contributed by atoms with van der Waals surface area (Å²) in [6, 6.07) is 15.8. The Kier molecular flexibility index (Phi) is 6.92. The third-order valence-electron chi connectivity index (χ3n) is 6.02. The van der Waals surface area contributed by atoms with Crippen LogP contribution in [0, 0.1) is 0 Å². The van der Waals surface area contributed by atoms with Crippen molar-refractivity contribution in [2.45, 2.75) is 44.8 Å². The molecule has 1 heterocycles. The molecule has 1 amide bonds. The van der Waals surface area contributed by atoms with Crippen molar-refractivity contribution in [1.29, 1.82) is 0 Å². The van der Waals surface area contributed by atoms with Crippen LogP contribution in [0.2, 0.25) is 0 Å². The maximum Gasteiger partial charge on any atom is 0.573 e. The van der Waals surface area contributed by atoms with Crippen LogP contribution in [-0.2, 0) is 33.0 Å². The van der Waals surface area contributed by atoms with Gasteiger partial charge in [0.2, 0.25) is 0 Å². The van der Waals surface area contributed by atoms with Crippen LogP contribution >= 0.6 is 0 Å². The number of carbonyl (C=O) groups is 1. The Morgan fingerprint density at radius 3 is 2.53 bits per heavy atom. The average Bonchev–Trinajstić information content (AvgIpc) is 3.13. The number of ether oxygens (including phenoxy) is 1. The van der Waals surface area contributed by atoms with E-state index in [0.29, 0.717) is 25.2 Å². The number of aryl methyl sites for hydroxylation is 1. The number of rotatable bonds is 7. The Hall–Kier alpha value is -3.33. The lowest BCUT2D eigenvalue weighted by Crippen LogP contribution is -2.35. The minimum atomic E-state index is -4.70. The molecule has 180 valence electrons. The second-order valence-electron chi connectivity index (χ2n) is 8.56. The maximum atomic E-state index is 13.2. The van der Waals surface area contributed by atoms with Gasteiger partial charge in [0.15, 0.2) is 5.69 Å².